The van der Waals surface area contributed by atoms with E-state index in [-0.39, 0.29) is 11.7 Å². The van der Waals surface area contributed by atoms with Crippen LogP contribution >= 0.6 is 11.5 Å². The van der Waals surface area contributed by atoms with Gasteiger partial charge in [0.25, 0.3) is 5.91 Å². The molecule has 132 valence electrons. The largest absolute Gasteiger partial charge is 0.368 e. The Kier molecular flexibility index (Phi) is 4.62. The SMILES string of the molecule is O=C(c1nnsc1-c1ccccc1)N1CCN(c2ccc(F)cc2)CC1. The normalized spacial score (nSPS) is 14.5. The molecule has 0 bridgehead atoms. The highest BCUT2D eigenvalue weighted by Gasteiger charge is 2.26. The van der Waals surface area contributed by atoms with Crippen LogP contribution in [0.3, 0.4) is 0 Å². The van der Waals surface area contributed by atoms with E-state index >= 15 is 0 Å². The van der Waals surface area contributed by atoms with E-state index in [1.807, 2.05) is 35.2 Å². The van der Waals surface area contributed by atoms with Gasteiger partial charge in [-0.15, -0.1) is 5.10 Å². The molecule has 1 aliphatic rings. The van der Waals surface area contributed by atoms with E-state index in [9.17, 15) is 9.18 Å². The van der Waals surface area contributed by atoms with Crippen LogP contribution in [-0.2, 0) is 0 Å². The molecular formula is C19H17FN4OS. The molecule has 0 spiro atoms. The van der Waals surface area contributed by atoms with Gasteiger partial charge in [0.1, 0.15) is 5.82 Å². The van der Waals surface area contributed by atoms with Gasteiger partial charge in [-0.1, -0.05) is 34.8 Å². The lowest BCUT2D eigenvalue weighted by molar-refractivity contribution is 0.0741. The molecule has 0 N–H and O–H groups in total. The first-order valence-corrected chi connectivity index (χ1v) is 9.17. The molecule has 0 unspecified atom stereocenters. The summed E-state index contributed by atoms with van der Waals surface area (Å²) in [6, 6.07) is 16.2. The van der Waals surface area contributed by atoms with Crippen LogP contribution in [0.15, 0.2) is 54.6 Å². The highest BCUT2D eigenvalue weighted by Crippen LogP contribution is 2.27. The zero-order valence-electron chi connectivity index (χ0n) is 14.0. The van der Waals surface area contributed by atoms with Gasteiger partial charge in [-0.05, 0) is 41.4 Å². The first-order valence-electron chi connectivity index (χ1n) is 8.40. The van der Waals surface area contributed by atoms with Gasteiger partial charge in [0.15, 0.2) is 5.69 Å². The van der Waals surface area contributed by atoms with Gasteiger partial charge < -0.3 is 9.80 Å². The predicted molar refractivity (Wildman–Crippen MR) is 99.9 cm³/mol. The van der Waals surface area contributed by atoms with Crippen LogP contribution in [0.2, 0.25) is 0 Å². The summed E-state index contributed by atoms with van der Waals surface area (Å²) in [5.41, 5.74) is 2.34. The Morgan fingerprint density at radius 1 is 0.962 bits per heavy atom. The average molecular weight is 368 g/mol. The molecular weight excluding hydrogens is 351 g/mol. The molecule has 1 amide bonds. The lowest BCUT2D eigenvalue weighted by Crippen LogP contribution is -2.49. The smallest absolute Gasteiger partial charge is 0.276 e. The molecule has 5 nitrogen and oxygen atoms in total. The van der Waals surface area contributed by atoms with Crippen molar-refractivity contribution in [1.29, 1.82) is 0 Å². The van der Waals surface area contributed by atoms with E-state index in [0.29, 0.717) is 31.9 Å². The molecule has 2 aromatic carbocycles. The van der Waals surface area contributed by atoms with Crippen LogP contribution in [0.4, 0.5) is 10.1 Å². The fourth-order valence-corrected chi connectivity index (χ4v) is 3.74. The molecule has 0 radical (unpaired) electrons. The minimum atomic E-state index is -0.243. The molecule has 1 aromatic heterocycles. The number of carbonyl (C=O) groups excluding carboxylic acids is 1. The van der Waals surface area contributed by atoms with Crippen LogP contribution in [0.1, 0.15) is 10.5 Å². The molecule has 4 rings (SSSR count). The number of amides is 1. The molecule has 26 heavy (non-hydrogen) atoms. The molecule has 2 heterocycles. The first kappa shape index (κ1) is 16.7. The molecule has 1 fully saturated rings. The van der Waals surface area contributed by atoms with Gasteiger partial charge >= 0.3 is 0 Å². The van der Waals surface area contributed by atoms with E-state index in [0.717, 1.165) is 16.1 Å². The summed E-state index contributed by atoms with van der Waals surface area (Å²) in [4.78, 5) is 17.7. The second kappa shape index (κ2) is 7.21. The second-order valence-electron chi connectivity index (χ2n) is 6.07. The lowest BCUT2D eigenvalue weighted by atomic mass is 10.1. The molecule has 0 saturated carbocycles. The van der Waals surface area contributed by atoms with Crippen molar-refractivity contribution >= 4 is 23.1 Å². The summed E-state index contributed by atoms with van der Waals surface area (Å²) in [6.45, 7) is 2.61. The van der Waals surface area contributed by atoms with Crippen molar-refractivity contribution in [1.82, 2.24) is 14.5 Å². The van der Waals surface area contributed by atoms with E-state index in [4.69, 9.17) is 0 Å². The summed E-state index contributed by atoms with van der Waals surface area (Å²) in [5.74, 6) is -0.330. The molecule has 1 saturated heterocycles. The summed E-state index contributed by atoms with van der Waals surface area (Å²) in [6.07, 6.45) is 0. The monoisotopic (exact) mass is 368 g/mol. The Morgan fingerprint density at radius 3 is 2.35 bits per heavy atom. The third kappa shape index (κ3) is 3.30. The maximum absolute atomic E-state index is 13.1. The van der Waals surface area contributed by atoms with Crippen molar-refractivity contribution in [3.63, 3.8) is 0 Å². The summed E-state index contributed by atoms with van der Waals surface area (Å²) in [7, 11) is 0. The molecule has 0 aliphatic carbocycles. The minimum Gasteiger partial charge on any atom is -0.368 e. The quantitative estimate of drug-likeness (QED) is 0.712. The Labute approximate surface area is 154 Å². The zero-order valence-corrected chi connectivity index (χ0v) is 14.8. The number of hydrogen-bond acceptors (Lipinski definition) is 5. The summed E-state index contributed by atoms with van der Waals surface area (Å²) >= 11 is 1.24. The number of halogens is 1. The number of anilines is 1. The van der Waals surface area contributed by atoms with Gasteiger partial charge in [0, 0.05) is 31.9 Å². The topological polar surface area (TPSA) is 49.3 Å². The number of hydrogen-bond donors (Lipinski definition) is 0. The minimum absolute atomic E-state index is 0.0867. The molecule has 3 aromatic rings. The van der Waals surface area contributed by atoms with Crippen molar-refractivity contribution in [2.75, 3.05) is 31.1 Å². The Hall–Kier alpha value is -2.80. The number of rotatable bonds is 3. The van der Waals surface area contributed by atoms with Gasteiger partial charge in [-0.3, -0.25) is 4.79 Å². The van der Waals surface area contributed by atoms with E-state index in [1.165, 1.54) is 23.7 Å². The van der Waals surface area contributed by atoms with Gasteiger partial charge in [0.2, 0.25) is 0 Å². The third-order valence-electron chi connectivity index (χ3n) is 4.49. The zero-order chi connectivity index (χ0) is 17.9. The Morgan fingerprint density at radius 2 is 1.65 bits per heavy atom. The van der Waals surface area contributed by atoms with E-state index < -0.39 is 0 Å². The number of carbonyl (C=O) groups is 1. The molecule has 7 heteroatoms. The summed E-state index contributed by atoms with van der Waals surface area (Å²) < 4.78 is 17.1. The van der Waals surface area contributed by atoms with Gasteiger partial charge in [-0.25, -0.2) is 4.39 Å². The van der Waals surface area contributed by atoms with Crippen molar-refractivity contribution in [3.05, 3.63) is 66.1 Å². The summed E-state index contributed by atoms with van der Waals surface area (Å²) in [5, 5.41) is 4.08. The van der Waals surface area contributed by atoms with E-state index in [2.05, 4.69) is 14.5 Å². The average Bonchev–Trinajstić information content (AvgIpc) is 3.19. The maximum atomic E-state index is 13.1. The van der Waals surface area contributed by atoms with Crippen molar-refractivity contribution in [2.24, 2.45) is 0 Å². The highest BCUT2D eigenvalue weighted by atomic mass is 32.1. The van der Waals surface area contributed by atoms with Crippen LogP contribution in [0.25, 0.3) is 10.4 Å². The number of nitrogens with zero attached hydrogens (tertiary/aromatic N) is 4. The standard InChI is InChI=1S/C19H17FN4OS/c20-15-6-8-16(9-7-15)23-10-12-24(13-11-23)19(25)17-18(26-22-21-17)14-4-2-1-3-5-14/h1-9H,10-13H2. The van der Waals surface area contributed by atoms with Crippen LogP contribution in [0.5, 0.6) is 0 Å². The third-order valence-corrected chi connectivity index (χ3v) is 5.26. The Bertz CT molecular complexity index is 889. The van der Waals surface area contributed by atoms with Crippen LogP contribution in [-0.4, -0.2) is 46.6 Å². The molecule has 0 atom stereocenters. The highest BCUT2D eigenvalue weighted by molar-refractivity contribution is 7.09. The van der Waals surface area contributed by atoms with E-state index in [1.54, 1.807) is 12.1 Å². The van der Waals surface area contributed by atoms with Gasteiger partial charge in [-0.2, -0.15) is 0 Å². The maximum Gasteiger partial charge on any atom is 0.276 e. The number of piperazine rings is 1. The lowest BCUT2D eigenvalue weighted by Gasteiger charge is -2.35. The van der Waals surface area contributed by atoms with Crippen molar-refractivity contribution in [2.45, 2.75) is 0 Å². The molecule has 1 aliphatic heterocycles. The van der Waals surface area contributed by atoms with Crippen LogP contribution in [0, 0.1) is 5.82 Å². The number of aromatic nitrogens is 2. The number of benzene rings is 2. The second-order valence-corrected chi connectivity index (χ2v) is 6.83. The predicted octanol–water partition coefficient (Wildman–Crippen LogP) is 3.31. The van der Waals surface area contributed by atoms with Crippen molar-refractivity contribution in [3.8, 4) is 10.4 Å². The van der Waals surface area contributed by atoms with Gasteiger partial charge in [0.05, 0.1) is 4.88 Å². The first-order chi connectivity index (χ1) is 12.7. The van der Waals surface area contributed by atoms with Crippen LogP contribution < -0.4 is 4.90 Å². The van der Waals surface area contributed by atoms with Crippen molar-refractivity contribution < 1.29 is 9.18 Å². The fraction of sp³-hybridized carbons (Fsp3) is 0.211. The Balaban J connectivity index is 1.46. The fourth-order valence-electron chi connectivity index (χ4n) is 3.08.